The molecule has 0 radical (unpaired) electrons. The predicted octanol–water partition coefficient (Wildman–Crippen LogP) is 2.67. The van der Waals surface area contributed by atoms with Gasteiger partial charge < -0.3 is 0 Å². The Morgan fingerprint density at radius 2 is 2.00 bits per heavy atom. The van der Waals surface area contributed by atoms with Crippen molar-refractivity contribution in [3.05, 3.63) is 24.3 Å². The first kappa shape index (κ1) is 4.37. The standard InChI is InChI=1S/C8H12/c1-2-4-6-8-7-5-3-1/h1-4H,5-8H2/b3-1-,4-2-/i3D. The van der Waals surface area contributed by atoms with Crippen molar-refractivity contribution in [2.45, 2.75) is 25.7 Å². The molecule has 1 rings (SSSR count). The van der Waals surface area contributed by atoms with E-state index in [1.54, 1.807) is 0 Å². The summed E-state index contributed by atoms with van der Waals surface area (Å²) in [5.41, 5.74) is 0. The molecule has 0 saturated carbocycles. The van der Waals surface area contributed by atoms with Crippen LogP contribution >= 0.6 is 0 Å². The Hall–Kier alpha value is -0.520. The van der Waals surface area contributed by atoms with E-state index in [0.717, 1.165) is 12.5 Å². The normalized spacial score (nSPS) is 33.5. The van der Waals surface area contributed by atoms with Crippen LogP contribution in [0.15, 0.2) is 24.3 Å². The van der Waals surface area contributed by atoms with E-state index in [4.69, 9.17) is 1.37 Å². The van der Waals surface area contributed by atoms with Gasteiger partial charge in [0, 0.05) is 0 Å². The van der Waals surface area contributed by atoms with Crippen molar-refractivity contribution in [3.63, 3.8) is 0 Å². The van der Waals surface area contributed by atoms with Gasteiger partial charge in [-0.1, -0.05) is 24.3 Å². The Bertz CT molecular complexity index is 134. The van der Waals surface area contributed by atoms with Crippen molar-refractivity contribution in [2.75, 3.05) is 0 Å². The summed E-state index contributed by atoms with van der Waals surface area (Å²) in [5.74, 6) is 0. The van der Waals surface area contributed by atoms with E-state index in [0.29, 0.717) is 0 Å². The van der Waals surface area contributed by atoms with Crippen molar-refractivity contribution in [3.8, 4) is 0 Å². The minimum atomic E-state index is 0.769. The molecule has 1 aliphatic carbocycles. The van der Waals surface area contributed by atoms with E-state index in [-0.39, 0.29) is 0 Å². The first-order chi connectivity index (χ1) is 4.39. The highest BCUT2D eigenvalue weighted by molar-refractivity contribution is 5.03. The first-order valence-corrected chi connectivity index (χ1v) is 3.22. The number of hydrogen-bond donors (Lipinski definition) is 0. The van der Waals surface area contributed by atoms with E-state index in [2.05, 4.69) is 6.08 Å². The van der Waals surface area contributed by atoms with Gasteiger partial charge in [-0.3, -0.25) is 0 Å². The molecule has 0 heterocycles. The maximum absolute atomic E-state index is 7.32. The molecule has 0 aromatic heterocycles. The van der Waals surface area contributed by atoms with Gasteiger partial charge >= 0.3 is 0 Å². The summed E-state index contributed by atoms with van der Waals surface area (Å²) >= 11 is 0. The van der Waals surface area contributed by atoms with Crippen LogP contribution < -0.4 is 0 Å². The molecular formula is C8H12. The number of rotatable bonds is 0. The Balaban J connectivity index is 2.48. The van der Waals surface area contributed by atoms with Crippen molar-refractivity contribution in [1.29, 1.82) is 0 Å². The van der Waals surface area contributed by atoms with Gasteiger partial charge in [0.15, 0.2) is 0 Å². The number of hydrogen-bond acceptors (Lipinski definition) is 0. The molecule has 0 nitrogen and oxygen atoms in total. The van der Waals surface area contributed by atoms with Crippen LogP contribution in [-0.4, -0.2) is 0 Å². The molecule has 0 amide bonds. The van der Waals surface area contributed by atoms with Gasteiger partial charge in [-0.2, -0.15) is 0 Å². The van der Waals surface area contributed by atoms with E-state index in [9.17, 15) is 0 Å². The smallest absolute Gasteiger partial charge is 0.0576 e. The van der Waals surface area contributed by atoms with Crippen molar-refractivity contribution >= 4 is 0 Å². The van der Waals surface area contributed by atoms with Crippen LogP contribution in [0.3, 0.4) is 0 Å². The molecule has 0 fully saturated rings. The fraction of sp³-hybridized carbons (Fsp3) is 0.500. The molecular weight excluding hydrogens is 96.1 g/mol. The van der Waals surface area contributed by atoms with Gasteiger partial charge in [0.25, 0.3) is 0 Å². The Labute approximate surface area is 52.3 Å². The molecule has 8 heavy (non-hydrogen) atoms. The molecule has 0 saturated heterocycles. The van der Waals surface area contributed by atoms with Gasteiger partial charge in [0.1, 0.15) is 0 Å². The lowest BCUT2D eigenvalue weighted by atomic mass is 10.1. The number of allylic oxidation sites excluding steroid dienone is 4. The van der Waals surface area contributed by atoms with E-state index in [1.807, 2.05) is 12.2 Å². The van der Waals surface area contributed by atoms with Gasteiger partial charge in [0.05, 0.1) is 1.37 Å². The molecule has 0 heteroatoms. The first-order valence-electron chi connectivity index (χ1n) is 3.72. The lowest BCUT2D eigenvalue weighted by molar-refractivity contribution is 0.758. The lowest BCUT2D eigenvalue weighted by Crippen LogP contribution is -1.74. The zero-order valence-electron chi connectivity index (χ0n) is 6.06. The summed E-state index contributed by atoms with van der Waals surface area (Å²) < 4.78 is 7.32. The molecule has 0 N–H and O–H groups in total. The van der Waals surface area contributed by atoms with Gasteiger partial charge in [-0.25, -0.2) is 0 Å². The maximum atomic E-state index is 7.32. The lowest BCUT2D eigenvalue weighted by Gasteiger charge is -1.94. The van der Waals surface area contributed by atoms with Crippen molar-refractivity contribution in [2.24, 2.45) is 0 Å². The Kier molecular flexibility index (Phi) is 1.90. The molecule has 0 aromatic rings. The summed E-state index contributed by atoms with van der Waals surface area (Å²) in [6.45, 7) is 0. The summed E-state index contributed by atoms with van der Waals surface area (Å²) in [6, 6.07) is 0.769. The molecule has 0 atom stereocenters. The second-order valence-electron chi connectivity index (χ2n) is 2.04. The van der Waals surface area contributed by atoms with Crippen LogP contribution in [0.1, 0.15) is 27.1 Å². The van der Waals surface area contributed by atoms with Crippen molar-refractivity contribution in [1.82, 2.24) is 0 Å². The Morgan fingerprint density at radius 1 is 1.12 bits per heavy atom. The van der Waals surface area contributed by atoms with Gasteiger partial charge in [0.2, 0.25) is 0 Å². The van der Waals surface area contributed by atoms with Crippen molar-refractivity contribution < 1.29 is 1.37 Å². The van der Waals surface area contributed by atoms with Gasteiger partial charge in [-0.05, 0) is 25.7 Å². The van der Waals surface area contributed by atoms with Crippen LogP contribution in [0.25, 0.3) is 0 Å². The topological polar surface area (TPSA) is 0 Å². The van der Waals surface area contributed by atoms with E-state index < -0.39 is 0 Å². The summed E-state index contributed by atoms with van der Waals surface area (Å²) in [6.07, 6.45) is 10.6. The molecule has 0 aromatic carbocycles. The fourth-order valence-electron chi connectivity index (χ4n) is 0.805. The largest absolute Gasteiger partial charge is 0.0845 e. The minimum Gasteiger partial charge on any atom is -0.0845 e. The predicted molar refractivity (Wildman–Crippen MR) is 36.7 cm³/mol. The van der Waals surface area contributed by atoms with Crippen LogP contribution in [0.5, 0.6) is 0 Å². The average Bonchev–Trinajstić information content (AvgIpc) is 1.79. The van der Waals surface area contributed by atoms with Crippen LogP contribution in [0.2, 0.25) is 0 Å². The quantitative estimate of drug-likeness (QED) is 0.448. The maximum Gasteiger partial charge on any atom is 0.0576 e. The molecule has 0 aliphatic heterocycles. The van der Waals surface area contributed by atoms with E-state index in [1.165, 1.54) is 19.3 Å². The average molecular weight is 109 g/mol. The molecule has 0 spiro atoms. The summed E-state index contributed by atoms with van der Waals surface area (Å²) in [5, 5.41) is 0. The zero-order valence-corrected chi connectivity index (χ0v) is 5.06. The van der Waals surface area contributed by atoms with Crippen LogP contribution in [-0.2, 0) is 0 Å². The second kappa shape index (κ2) is 3.48. The highest BCUT2D eigenvalue weighted by Crippen LogP contribution is 2.04. The highest BCUT2D eigenvalue weighted by atomic mass is 13.9. The molecule has 1 aliphatic rings. The third-order valence-electron chi connectivity index (χ3n) is 1.29. The SMILES string of the molecule is [2H]/C1=C/C=C\CCCC1. The summed E-state index contributed by atoms with van der Waals surface area (Å²) in [7, 11) is 0. The zero-order chi connectivity index (χ0) is 6.53. The van der Waals surface area contributed by atoms with Gasteiger partial charge in [-0.15, -0.1) is 0 Å². The van der Waals surface area contributed by atoms with Crippen LogP contribution in [0.4, 0.5) is 0 Å². The minimum absolute atomic E-state index is 0.769. The summed E-state index contributed by atoms with van der Waals surface area (Å²) in [4.78, 5) is 0. The van der Waals surface area contributed by atoms with E-state index >= 15 is 0 Å². The Morgan fingerprint density at radius 3 is 3.00 bits per heavy atom. The molecule has 0 bridgehead atoms. The van der Waals surface area contributed by atoms with Crippen LogP contribution in [0, 0.1) is 0 Å². The fourth-order valence-corrected chi connectivity index (χ4v) is 0.805. The second-order valence-corrected chi connectivity index (χ2v) is 2.04. The molecule has 44 valence electrons. The monoisotopic (exact) mass is 109 g/mol. The third kappa shape index (κ3) is 1.97. The third-order valence-corrected chi connectivity index (χ3v) is 1.29. The highest BCUT2D eigenvalue weighted by Gasteiger charge is 1.84. The molecule has 0 unspecified atom stereocenters.